The Bertz CT molecular complexity index is 296. The molecule has 0 spiro atoms. The number of hydrogen-bond donors (Lipinski definition) is 2. The number of nitrogens with zero attached hydrogens (tertiary/aromatic N) is 2. The highest BCUT2D eigenvalue weighted by Gasteiger charge is 2.29. The monoisotopic (exact) mass is 268 g/mol. The second-order valence-electron chi connectivity index (χ2n) is 6.40. The van der Waals surface area contributed by atoms with E-state index in [2.05, 4.69) is 29.2 Å². The molecule has 110 valence electrons. The van der Waals surface area contributed by atoms with Gasteiger partial charge in [0, 0.05) is 19.1 Å². The molecular formula is C14H28N4O. The Labute approximate surface area is 116 Å². The van der Waals surface area contributed by atoms with Crippen molar-refractivity contribution in [3.63, 3.8) is 0 Å². The predicted octanol–water partition coefficient (Wildman–Crippen LogP) is -0.134. The number of rotatable bonds is 7. The molecule has 1 saturated carbocycles. The quantitative estimate of drug-likeness (QED) is 0.675. The minimum Gasteiger partial charge on any atom is -0.368 e. The molecule has 19 heavy (non-hydrogen) atoms. The molecule has 1 amide bonds. The van der Waals surface area contributed by atoms with Crippen molar-refractivity contribution in [3.05, 3.63) is 0 Å². The highest BCUT2D eigenvalue weighted by molar-refractivity contribution is 5.80. The molecule has 0 aromatic carbocycles. The maximum atomic E-state index is 11.5. The maximum absolute atomic E-state index is 11.5. The van der Waals surface area contributed by atoms with E-state index in [-0.39, 0.29) is 11.9 Å². The van der Waals surface area contributed by atoms with Gasteiger partial charge < -0.3 is 20.9 Å². The number of carbonyl (C=O) groups is 1. The number of likely N-dealkylation sites (tertiary alicyclic amines) is 1. The van der Waals surface area contributed by atoms with E-state index >= 15 is 0 Å². The van der Waals surface area contributed by atoms with Gasteiger partial charge in [0.05, 0.1) is 6.04 Å². The van der Waals surface area contributed by atoms with Crippen LogP contribution in [0.15, 0.2) is 0 Å². The third-order valence-electron chi connectivity index (χ3n) is 4.13. The van der Waals surface area contributed by atoms with E-state index in [0.29, 0.717) is 6.04 Å². The minimum absolute atomic E-state index is 0.169. The number of nitrogens with two attached hydrogens (primary N) is 1. The Morgan fingerprint density at radius 2 is 1.95 bits per heavy atom. The summed E-state index contributed by atoms with van der Waals surface area (Å²) in [6.45, 7) is 4.14. The van der Waals surface area contributed by atoms with Crippen molar-refractivity contribution in [2.24, 2.45) is 11.7 Å². The van der Waals surface area contributed by atoms with Crippen LogP contribution in [0.4, 0.5) is 0 Å². The number of hydrogen-bond acceptors (Lipinski definition) is 4. The molecule has 1 aliphatic heterocycles. The van der Waals surface area contributed by atoms with Crippen molar-refractivity contribution in [3.8, 4) is 0 Å². The van der Waals surface area contributed by atoms with Gasteiger partial charge in [-0.15, -0.1) is 0 Å². The summed E-state index contributed by atoms with van der Waals surface area (Å²) < 4.78 is 0. The zero-order valence-corrected chi connectivity index (χ0v) is 12.3. The average Bonchev–Trinajstić information content (AvgIpc) is 3.14. The number of primary amides is 1. The molecule has 5 heteroatoms. The molecule has 1 heterocycles. The van der Waals surface area contributed by atoms with Gasteiger partial charge in [-0.1, -0.05) is 0 Å². The van der Waals surface area contributed by atoms with E-state index in [1.165, 1.54) is 32.2 Å². The summed E-state index contributed by atoms with van der Waals surface area (Å²) in [7, 11) is 4.27. The summed E-state index contributed by atoms with van der Waals surface area (Å²) >= 11 is 0. The molecule has 1 unspecified atom stereocenters. The SMILES string of the molecule is CN(C)CC1CCN(CC(NC2CC2)C(N)=O)CC1. The summed E-state index contributed by atoms with van der Waals surface area (Å²) in [6, 6.07) is 0.363. The van der Waals surface area contributed by atoms with E-state index in [0.717, 1.165) is 25.6 Å². The van der Waals surface area contributed by atoms with Crippen LogP contribution in [0.2, 0.25) is 0 Å². The molecule has 1 atom stereocenters. The zero-order chi connectivity index (χ0) is 13.8. The average molecular weight is 268 g/mol. The highest BCUT2D eigenvalue weighted by Crippen LogP contribution is 2.21. The molecule has 1 saturated heterocycles. The molecule has 2 rings (SSSR count). The number of amides is 1. The molecule has 5 nitrogen and oxygen atoms in total. The van der Waals surface area contributed by atoms with Crippen molar-refractivity contribution in [2.45, 2.75) is 37.8 Å². The van der Waals surface area contributed by atoms with Crippen molar-refractivity contribution in [1.82, 2.24) is 15.1 Å². The Morgan fingerprint density at radius 1 is 1.32 bits per heavy atom. The van der Waals surface area contributed by atoms with Crippen molar-refractivity contribution in [1.29, 1.82) is 0 Å². The molecule has 0 aromatic rings. The topological polar surface area (TPSA) is 61.6 Å². The summed E-state index contributed by atoms with van der Waals surface area (Å²) in [5.41, 5.74) is 5.49. The van der Waals surface area contributed by atoms with Gasteiger partial charge in [-0.25, -0.2) is 0 Å². The lowest BCUT2D eigenvalue weighted by molar-refractivity contribution is -0.120. The summed E-state index contributed by atoms with van der Waals surface area (Å²) in [4.78, 5) is 16.1. The fraction of sp³-hybridized carbons (Fsp3) is 0.929. The van der Waals surface area contributed by atoms with Gasteiger partial charge in [-0.2, -0.15) is 0 Å². The molecule has 0 bridgehead atoms. The van der Waals surface area contributed by atoms with Crippen LogP contribution in [0.1, 0.15) is 25.7 Å². The lowest BCUT2D eigenvalue weighted by Crippen LogP contribution is -2.51. The third-order valence-corrected chi connectivity index (χ3v) is 4.13. The fourth-order valence-electron chi connectivity index (χ4n) is 2.89. The van der Waals surface area contributed by atoms with E-state index in [4.69, 9.17) is 5.73 Å². The molecule has 0 aromatic heterocycles. The van der Waals surface area contributed by atoms with E-state index in [1.807, 2.05) is 0 Å². The van der Waals surface area contributed by atoms with Crippen LogP contribution in [0, 0.1) is 5.92 Å². The maximum Gasteiger partial charge on any atom is 0.235 e. The fourth-order valence-corrected chi connectivity index (χ4v) is 2.89. The van der Waals surface area contributed by atoms with Gasteiger partial charge in [0.2, 0.25) is 5.91 Å². The Kier molecular flexibility index (Phi) is 5.19. The number of nitrogens with one attached hydrogen (secondary N) is 1. The van der Waals surface area contributed by atoms with Gasteiger partial charge in [-0.3, -0.25) is 4.79 Å². The van der Waals surface area contributed by atoms with Crippen LogP contribution in [0.3, 0.4) is 0 Å². The Hall–Kier alpha value is -0.650. The van der Waals surface area contributed by atoms with Crippen LogP contribution in [-0.2, 0) is 4.79 Å². The van der Waals surface area contributed by atoms with Crippen LogP contribution >= 0.6 is 0 Å². The molecule has 2 aliphatic rings. The largest absolute Gasteiger partial charge is 0.368 e. The molecule has 1 aliphatic carbocycles. The molecule has 2 fully saturated rings. The summed E-state index contributed by atoms with van der Waals surface area (Å²) in [5.74, 6) is 0.594. The van der Waals surface area contributed by atoms with Gasteiger partial charge in [0.15, 0.2) is 0 Å². The Balaban J connectivity index is 1.72. The lowest BCUT2D eigenvalue weighted by atomic mass is 9.96. The second kappa shape index (κ2) is 6.68. The molecule has 0 radical (unpaired) electrons. The van der Waals surface area contributed by atoms with Gasteiger partial charge >= 0.3 is 0 Å². The van der Waals surface area contributed by atoms with Crippen molar-refractivity contribution < 1.29 is 4.79 Å². The number of piperidine rings is 1. The molecular weight excluding hydrogens is 240 g/mol. The summed E-state index contributed by atoms with van der Waals surface area (Å²) in [5, 5.41) is 3.36. The van der Waals surface area contributed by atoms with Crippen LogP contribution in [0.5, 0.6) is 0 Å². The van der Waals surface area contributed by atoms with Crippen molar-refractivity contribution >= 4 is 5.91 Å². The standard InChI is InChI=1S/C14H28N4O/c1-17(2)9-11-5-7-18(8-6-11)10-13(14(15)19)16-12-3-4-12/h11-13,16H,3-10H2,1-2H3,(H2,15,19). The minimum atomic E-state index is -0.206. The molecule has 3 N–H and O–H groups in total. The van der Waals surface area contributed by atoms with E-state index in [1.54, 1.807) is 0 Å². The van der Waals surface area contributed by atoms with E-state index < -0.39 is 0 Å². The first-order valence-electron chi connectivity index (χ1n) is 7.47. The van der Waals surface area contributed by atoms with Gasteiger partial charge in [0.25, 0.3) is 0 Å². The first-order chi connectivity index (χ1) is 9.04. The van der Waals surface area contributed by atoms with Gasteiger partial charge in [-0.05, 0) is 58.8 Å². The third kappa shape index (κ3) is 5.09. The predicted molar refractivity (Wildman–Crippen MR) is 76.9 cm³/mol. The normalized spacial score (nSPS) is 23.7. The van der Waals surface area contributed by atoms with Crippen LogP contribution in [-0.4, -0.2) is 68.1 Å². The van der Waals surface area contributed by atoms with Crippen LogP contribution in [0.25, 0.3) is 0 Å². The van der Waals surface area contributed by atoms with Crippen LogP contribution < -0.4 is 11.1 Å². The van der Waals surface area contributed by atoms with Gasteiger partial charge in [0.1, 0.15) is 0 Å². The first-order valence-corrected chi connectivity index (χ1v) is 7.47. The first kappa shape index (κ1) is 14.8. The smallest absolute Gasteiger partial charge is 0.235 e. The van der Waals surface area contributed by atoms with Crippen molar-refractivity contribution in [2.75, 3.05) is 40.3 Å². The number of carbonyl (C=O) groups excluding carboxylic acids is 1. The summed E-state index contributed by atoms with van der Waals surface area (Å²) in [6.07, 6.45) is 4.84. The lowest BCUT2D eigenvalue weighted by Gasteiger charge is -2.34. The second-order valence-corrected chi connectivity index (χ2v) is 6.40. The Morgan fingerprint density at radius 3 is 2.42 bits per heavy atom. The zero-order valence-electron chi connectivity index (χ0n) is 12.3. The highest BCUT2D eigenvalue weighted by atomic mass is 16.1. The van der Waals surface area contributed by atoms with E-state index in [9.17, 15) is 4.79 Å².